The molecular formula is C16H19N3O3S. The summed E-state index contributed by atoms with van der Waals surface area (Å²) < 4.78 is 24.8. The Morgan fingerprint density at radius 3 is 2.74 bits per heavy atom. The van der Waals surface area contributed by atoms with Crippen LogP contribution in [-0.4, -0.2) is 53.6 Å². The Hall–Kier alpha value is -2.15. The Labute approximate surface area is 135 Å². The molecule has 2 aromatic rings. The van der Waals surface area contributed by atoms with E-state index in [1.54, 1.807) is 17.9 Å². The van der Waals surface area contributed by atoms with Crippen molar-refractivity contribution in [1.29, 1.82) is 0 Å². The maximum Gasteiger partial charge on any atom is 0.257 e. The van der Waals surface area contributed by atoms with Crippen molar-refractivity contribution >= 4 is 15.7 Å². The molecule has 1 fully saturated rings. The van der Waals surface area contributed by atoms with Crippen LogP contribution in [0.5, 0.6) is 0 Å². The van der Waals surface area contributed by atoms with E-state index in [1.165, 1.54) is 11.1 Å². The predicted molar refractivity (Wildman–Crippen MR) is 86.9 cm³/mol. The van der Waals surface area contributed by atoms with Crippen molar-refractivity contribution in [2.45, 2.75) is 19.0 Å². The van der Waals surface area contributed by atoms with Gasteiger partial charge < -0.3 is 4.90 Å². The molecule has 0 bridgehead atoms. The molecular weight excluding hydrogens is 314 g/mol. The Morgan fingerprint density at radius 1 is 1.35 bits per heavy atom. The second-order valence-corrected chi connectivity index (χ2v) is 8.11. The van der Waals surface area contributed by atoms with Gasteiger partial charge in [0.1, 0.15) is 0 Å². The fourth-order valence-electron chi connectivity index (χ4n) is 2.78. The molecule has 1 atom stereocenters. The van der Waals surface area contributed by atoms with Gasteiger partial charge in [0.25, 0.3) is 5.91 Å². The Bertz CT molecular complexity index is 799. The number of nitrogens with zero attached hydrogens (tertiary/aromatic N) is 3. The molecule has 0 radical (unpaired) electrons. The van der Waals surface area contributed by atoms with Crippen molar-refractivity contribution in [3.63, 3.8) is 0 Å². The molecule has 2 heterocycles. The number of amides is 1. The van der Waals surface area contributed by atoms with E-state index in [-0.39, 0.29) is 23.5 Å². The van der Waals surface area contributed by atoms with Gasteiger partial charge in [-0.15, -0.1) is 0 Å². The first kappa shape index (κ1) is 15.7. The fraction of sp³-hybridized carbons (Fsp3) is 0.375. The molecule has 6 nitrogen and oxygen atoms in total. The molecule has 0 aliphatic carbocycles. The number of hydrogen-bond donors (Lipinski definition) is 0. The number of sulfone groups is 1. The number of benzene rings is 1. The molecule has 1 unspecified atom stereocenters. The molecule has 1 aromatic carbocycles. The van der Waals surface area contributed by atoms with Gasteiger partial charge in [-0.05, 0) is 12.0 Å². The quantitative estimate of drug-likeness (QED) is 0.842. The third-order valence-corrected chi connectivity index (χ3v) is 5.89. The monoisotopic (exact) mass is 333 g/mol. The van der Waals surface area contributed by atoms with Crippen LogP contribution in [0, 0.1) is 0 Å². The van der Waals surface area contributed by atoms with Crippen molar-refractivity contribution < 1.29 is 13.2 Å². The number of aromatic nitrogens is 2. The van der Waals surface area contributed by atoms with Gasteiger partial charge in [0.15, 0.2) is 9.84 Å². The summed E-state index contributed by atoms with van der Waals surface area (Å²) in [5.41, 5.74) is 1.58. The first-order valence-corrected chi connectivity index (χ1v) is 9.31. The summed E-state index contributed by atoms with van der Waals surface area (Å²) in [7, 11) is -1.35. The van der Waals surface area contributed by atoms with E-state index in [0.717, 1.165) is 5.56 Å². The van der Waals surface area contributed by atoms with Crippen molar-refractivity contribution in [3.8, 4) is 0 Å². The van der Waals surface area contributed by atoms with E-state index in [4.69, 9.17) is 0 Å². The first-order valence-electron chi connectivity index (χ1n) is 7.48. The van der Waals surface area contributed by atoms with Crippen LogP contribution < -0.4 is 0 Å². The largest absolute Gasteiger partial charge is 0.338 e. The zero-order valence-electron chi connectivity index (χ0n) is 12.9. The van der Waals surface area contributed by atoms with Crippen LogP contribution in [0.1, 0.15) is 22.3 Å². The van der Waals surface area contributed by atoms with Crippen molar-refractivity contribution in [2.75, 3.05) is 18.6 Å². The highest BCUT2D eigenvalue weighted by molar-refractivity contribution is 7.91. The lowest BCUT2D eigenvalue weighted by Crippen LogP contribution is -2.37. The third-order valence-electron chi connectivity index (χ3n) is 4.14. The van der Waals surface area contributed by atoms with Crippen molar-refractivity contribution in [3.05, 3.63) is 53.9 Å². The standard InChI is InChI=1S/C16H19N3O3S/c1-18(15-7-8-23(21,22)12-15)16(20)14-9-17-19(11-14)10-13-5-3-2-4-6-13/h2-6,9,11,15H,7-8,10,12H2,1H3. The summed E-state index contributed by atoms with van der Waals surface area (Å²) in [5, 5.41) is 4.22. The minimum absolute atomic E-state index is 0.0490. The summed E-state index contributed by atoms with van der Waals surface area (Å²) >= 11 is 0. The van der Waals surface area contributed by atoms with Gasteiger partial charge in [-0.25, -0.2) is 8.42 Å². The van der Waals surface area contributed by atoms with E-state index in [9.17, 15) is 13.2 Å². The Morgan fingerprint density at radius 2 is 2.09 bits per heavy atom. The lowest BCUT2D eigenvalue weighted by Gasteiger charge is -2.22. The summed E-state index contributed by atoms with van der Waals surface area (Å²) in [5.74, 6) is 0.0158. The molecule has 3 rings (SSSR count). The van der Waals surface area contributed by atoms with E-state index < -0.39 is 9.84 Å². The Balaban J connectivity index is 1.69. The molecule has 1 saturated heterocycles. The minimum Gasteiger partial charge on any atom is -0.338 e. The highest BCUT2D eigenvalue weighted by Crippen LogP contribution is 2.18. The number of hydrogen-bond acceptors (Lipinski definition) is 4. The first-order chi connectivity index (χ1) is 10.9. The van der Waals surface area contributed by atoms with Crippen LogP contribution >= 0.6 is 0 Å². The van der Waals surface area contributed by atoms with Gasteiger partial charge in [0.05, 0.1) is 29.8 Å². The van der Waals surface area contributed by atoms with Gasteiger partial charge in [0, 0.05) is 19.3 Å². The smallest absolute Gasteiger partial charge is 0.257 e. The van der Waals surface area contributed by atoms with E-state index >= 15 is 0 Å². The van der Waals surface area contributed by atoms with Crippen molar-refractivity contribution in [2.24, 2.45) is 0 Å². The van der Waals surface area contributed by atoms with Crippen molar-refractivity contribution in [1.82, 2.24) is 14.7 Å². The molecule has 122 valence electrons. The molecule has 0 spiro atoms. The topological polar surface area (TPSA) is 72.3 Å². The second-order valence-electron chi connectivity index (χ2n) is 5.89. The van der Waals surface area contributed by atoms with E-state index in [0.29, 0.717) is 18.5 Å². The average molecular weight is 333 g/mol. The number of rotatable bonds is 4. The summed E-state index contributed by atoms with van der Waals surface area (Å²) in [6.45, 7) is 0.593. The SMILES string of the molecule is CN(C(=O)c1cnn(Cc2ccccc2)c1)C1CCS(=O)(=O)C1. The van der Waals surface area contributed by atoms with Crippen LogP contribution in [0.25, 0.3) is 0 Å². The molecule has 1 aliphatic heterocycles. The minimum atomic E-state index is -3.01. The zero-order valence-corrected chi connectivity index (χ0v) is 13.7. The van der Waals surface area contributed by atoms with E-state index in [2.05, 4.69) is 5.10 Å². The summed E-state index contributed by atoms with van der Waals surface area (Å²) in [6, 6.07) is 9.62. The lowest BCUT2D eigenvalue weighted by molar-refractivity contribution is 0.0747. The third kappa shape index (κ3) is 3.61. The molecule has 23 heavy (non-hydrogen) atoms. The van der Waals surface area contributed by atoms with Crippen LogP contribution in [0.3, 0.4) is 0 Å². The lowest BCUT2D eigenvalue weighted by atomic mass is 10.2. The van der Waals surface area contributed by atoms with Gasteiger partial charge in [-0.2, -0.15) is 5.10 Å². The highest BCUT2D eigenvalue weighted by Gasteiger charge is 2.33. The highest BCUT2D eigenvalue weighted by atomic mass is 32.2. The van der Waals surface area contributed by atoms with Crippen LogP contribution in [0.2, 0.25) is 0 Å². The average Bonchev–Trinajstić information content (AvgIpc) is 3.13. The Kier molecular flexibility index (Phi) is 4.21. The molecule has 1 amide bonds. The van der Waals surface area contributed by atoms with Crippen LogP contribution in [0.15, 0.2) is 42.7 Å². The maximum absolute atomic E-state index is 12.5. The van der Waals surface area contributed by atoms with Gasteiger partial charge in [-0.3, -0.25) is 9.48 Å². The van der Waals surface area contributed by atoms with Gasteiger partial charge in [-0.1, -0.05) is 30.3 Å². The van der Waals surface area contributed by atoms with Crippen LogP contribution in [0.4, 0.5) is 0 Å². The van der Waals surface area contributed by atoms with Gasteiger partial charge >= 0.3 is 0 Å². The second kappa shape index (κ2) is 6.16. The molecule has 7 heteroatoms. The van der Waals surface area contributed by atoms with E-state index in [1.807, 2.05) is 30.3 Å². The number of carbonyl (C=O) groups is 1. The van der Waals surface area contributed by atoms with Crippen LogP contribution in [-0.2, 0) is 16.4 Å². The fourth-order valence-corrected chi connectivity index (χ4v) is 4.56. The predicted octanol–water partition coefficient (Wildman–Crippen LogP) is 1.19. The summed E-state index contributed by atoms with van der Waals surface area (Å²) in [4.78, 5) is 14.0. The molecule has 0 N–H and O–H groups in total. The zero-order chi connectivity index (χ0) is 16.4. The molecule has 1 aliphatic rings. The van der Waals surface area contributed by atoms with Gasteiger partial charge in [0.2, 0.25) is 0 Å². The maximum atomic E-state index is 12.5. The summed E-state index contributed by atoms with van der Waals surface area (Å²) in [6.07, 6.45) is 3.74. The molecule has 1 aromatic heterocycles. The number of carbonyl (C=O) groups excluding carboxylic acids is 1. The molecule has 0 saturated carbocycles. The normalized spacial score (nSPS) is 19.6.